The number of phenols is 1. The number of aromatic hydroxyl groups is 1. The van der Waals surface area contributed by atoms with Gasteiger partial charge < -0.3 is 9.84 Å². The number of phenolic OH excluding ortho intramolecular Hbond substituents is 1. The van der Waals surface area contributed by atoms with Crippen LogP contribution in [0.4, 0.5) is 0 Å². The molecule has 2 aromatic carbocycles. The monoisotopic (exact) mass is 525 g/mol. The summed E-state index contributed by atoms with van der Waals surface area (Å²) in [5.74, 6) is -1.63. The highest BCUT2D eigenvalue weighted by Gasteiger charge is 2.69. The van der Waals surface area contributed by atoms with Crippen LogP contribution in [0.5, 0.6) is 5.75 Å². The molecule has 2 aliphatic heterocycles. The molecule has 0 radical (unpaired) electrons. The van der Waals surface area contributed by atoms with Crippen LogP contribution >= 0.6 is 34.7 Å². The van der Waals surface area contributed by atoms with Gasteiger partial charge in [0.25, 0.3) is 0 Å². The first-order valence-electron chi connectivity index (χ1n) is 11.6. The third-order valence-electron chi connectivity index (χ3n) is 8.21. The predicted octanol–water partition coefficient (Wildman–Crippen LogP) is 4.51. The zero-order valence-corrected chi connectivity index (χ0v) is 20.7. The Labute approximate surface area is 213 Å². The Bertz CT molecular complexity index is 1450. The van der Waals surface area contributed by atoms with E-state index in [1.54, 1.807) is 28.5 Å². The maximum Gasteiger partial charge on any atom is 0.317 e. The SMILES string of the molecule is O=C1OC(=O)[C@H]2[C@H]3C[C@H]([C@@H]12)[C@@H]1[C@@H](c2ccccc2O)c2sc(=O)n(Cc4ccc(Cl)cc4)c2S[C@@H]31. The third kappa shape index (κ3) is 3.06. The maximum atomic E-state index is 13.3. The molecule has 2 aliphatic carbocycles. The number of thiazole rings is 1. The number of carbonyl (C=O) groups is 2. The molecule has 4 aliphatic rings. The molecule has 2 saturated carbocycles. The first kappa shape index (κ1) is 21.7. The van der Waals surface area contributed by atoms with E-state index in [0.717, 1.165) is 27.5 Å². The van der Waals surface area contributed by atoms with Crippen molar-refractivity contribution in [1.29, 1.82) is 0 Å². The van der Waals surface area contributed by atoms with Crippen LogP contribution in [0.2, 0.25) is 5.02 Å². The van der Waals surface area contributed by atoms with Gasteiger partial charge in [0.15, 0.2) is 0 Å². The van der Waals surface area contributed by atoms with Crippen LogP contribution in [0, 0.1) is 29.6 Å². The Hall–Kier alpha value is -2.55. The first-order valence-corrected chi connectivity index (χ1v) is 13.7. The fourth-order valence-electron chi connectivity index (χ4n) is 6.92. The number of thioether (sulfide) groups is 1. The number of ether oxygens (including phenoxy) is 1. The normalized spacial score (nSPS) is 32.3. The molecule has 0 spiro atoms. The summed E-state index contributed by atoms with van der Waals surface area (Å²) in [4.78, 5) is 39.3. The van der Waals surface area contributed by atoms with Crippen LogP contribution in [0.1, 0.15) is 28.3 Å². The Morgan fingerprint density at radius 2 is 1.71 bits per heavy atom. The fraction of sp³-hybridized carbons (Fsp3) is 0.346. The van der Waals surface area contributed by atoms with Crippen LogP contribution in [-0.2, 0) is 20.9 Å². The molecule has 0 unspecified atom stereocenters. The summed E-state index contributed by atoms with van der Waals surface area (Å²) in [6.07, 6.45) is 0.791. The van der Waals surface area contributed by atoms with Gasteiger partial charge in [-0.15, -0.1) is 11.8 Å². The number of esters is 2. The molecule has 3 aromatic rings. The third-order valence-corrected chi connectivity index (χ3v) is 11.3. The molecule has 178 valence electrons. The molecule has 9 heteroatoms. The number of aromatic nitrogens is 1. The Morgan fingerprint density at radius 3 is 2.46 bits per heavy atom. The standard InChI is InChI=1S/C26H20ClNO5S2/c27-12-7-5-11(6-8-12)10-28-23-22(35-26(28)32)17(13-3-1-2-4-16(13)29)18-14-9-15(21(18)34-23)20-19(14)24(30)33-25(20)31/h1-8,14-15,17-21,29H,9-10H2/t14-,15+,17+,18+,19+,20-,21-/m0/s1. The first-order chi connectivity index (χ1) is 16.9. The summed E-state index contributed by atoms with van der Waals surface area (Å²) in [5.41, 5.74) is 1.74. The maximum absolute atomic E-state index is 13.3. The van der Waals surface area contributed by atoms with Gasteiger partial charge in [0.2, 0.25) is 0 Å². The minimum atomic E-state index is -0.419. The van der Waals surface area contributed by atoms with E-state index < -0.39 is 23.8 Å². The van der Waals surface area contributed by atoms with Crippen molar-refractivity contribution < 1.29 is 19.4 Å². The van der Waals surface area contributed by atoms with Crippen molar-refractivity contribution in [3.05, 3.63) is 79.2 Å². The van der Waals surface area contributed by atoms with Gasteiger partial charge in [0.1, 0.15) is 5.75 Å². The van der Waals surface area contributed by atoms with Gasteiger partial charge in [-0.3, -0.25) is 19.0 Å². The van der Waals surface area contributed by atoms with Gasteiger partial charge in [0, 0.05) is 26.6 Å². The van der Waals surface area contributed by atoms with E-state index in [2.05, 4.69) is 0 Å². The molecule has 1 saturated heterocycles. The van der Waals surface area contributed by atoms with Crippen molar-refractivity contribution in [2.75, 3.05) is 0 Å². The largest absolute Gasteiger partial charge is 0.508 e. The number of benzene rings is 2. The zero-order valence-electron chi connectivity index (χ0n) is 18.3. The van der Waals surface area contributed by atoms with Gasteiger partial charge in [0.05, 0.1) is 23.4 Å². The van der Waals surface area contributed by atoms with E-state index >= 15 is 0 Å². The fourth-order valence-corrected chi connectivity index (χ4v) is 10.2. The van der Waals surface area contributed by atoms with E-state index in [0.29, 0.717) is 11.6 Å². The topological polar surface area (TPSA) is 85.6 Å². The molecule has 7 rings (SSSR count). The molecule has 2 bridgehead atoms. The summed E-state index contributed by atoms with van der Waals surface area (Å²) >= 11 is 8.93. The number of halogens is 1. The molecule has 6 nitrogen and oxygen atoms in total. The summed E-state index contributed by atoms with van der Waals surface area (Å²) in [6.45, 7) is 0.417. The van der Waals surface area contributed by atoms with Crippen molar-refractivity contribution in [2.45, 2.75) is 29.2 Å². The number of fused-ring (bicyclic) bond motifs is 9. The molecule has 3 fully saturated rings. The lowest BCUT2D eigenvalue weighted by Crippen LogP contribution is -2.43. The van der Waals surface area contributed by atoms with E-state index in [1.807, 2.05) is 36.4 Å². The Balaban J connectivity index is 1.38. The number of hydrogen-bond donors (Lipinski definition) is 1. The molecule has 35 heavy (non-hydrogen) atoms. The summed E-state index contributed by atoms with van der Waals surface area (Å²) < 4.78 is 6.87. The zero-order chi connectivity index (χ0) is 24.0. The number of rotatable bonds is 3. The number of para-hydroxylation sites is 1. The predicted molar refractivity (Wildman–Crippen MR) is 132 cm³/mol. The number of nitrogens with zero attached hydrogens (tertiary/aromatic N) is 1. The summed E-state index contributed by atoms with van der Waals surface area (Å²) in [7, 11) is 0. The molecular formula is C26H20ClNO5S2. The van der Waals surface area contributed by atoms with Gasteiger partial charge >= 0.3 is 16.8 Å². The number of carbonyl (C=O) groups excluding carboxylic acids is 2. The number of hydrogen-bond acceptors (Lipinski definition) is 7. The van der Waals surface area contributed by atoms with E-state index in [1.165, 1.54) is 11.3 Å². The van der Waals surface area contributed by atoms with Crippen molar-refractivity contribution in [3.63, 3.8) is 0 Å². The van der Waals surface area contributed by atoms with Gasteiger partial charge in [-0.05, 0) is 47.9 Å². The van der Waals surface area contributed by atoms with E-state index in [-0.39, 0.29) is 39.5 Å². The van der Waals surface area contributed by atoms with Crippen molar-refractivity contribution in [3.8, 4) is 5.75 Å². The van der Waals surface area contributed by atoms with Crippen molar-refractivity contribution in [2.24, 2.45) is 29.6 Å². The Morgan fingerprint density at radius 1 is 1.00 bits per heavy atom. The lowest BCUT2D eigenvalue weighted by molar-refractivity contribution is -0.154. The highest BCUT2D eigenvalue weighted by molar-refractivity contribution is 8.00. The quantitative estimate of drug-likeness (QED) is 0.400. The summed E-state index contributed by atoms with van der Waals surface area (Å²) in [5, 5.41) is 12.4. The van der Waals surface area contributed by atoms with Crippen LogP contribution in [0.3, 0.4) is 0 Å². The van der Waals surface area contributed by atoms with Gasteiger partial charge in [-0.25, -0.2) is 0 Å². The number of cyclic esters (lactones) is 2. The molecule has 1 aromatic heterocycles. The highest BCUT2D eigenvalue weighted by atomic mass is 35.5. The van der Waals surface area contributed by atoms with Gasteiger partial charge in [-0.2, -0.15) is 0 Å². The second-order valence-electron chi connectivity index (χ2n) is 9.80. The second-order valence-corrected chi connectivity index (χ2v) is 12.4. The van der Waals surface area contributed by atoms with Gasteiger partial charge in [-0.1, -0.05) is 53.3 Å². The molecule has 1 N–H and O–H groups in total. The molecule has 0 amide bonds. The summed E-state index contributed by atoms with van der Waals surface area (Å²) in [6, 6.07) is 14.7. The van der Waals surface area contributed by atoms with Crippen LogP contribution in [0.25, 0.3) is 0 Å². The van der Waals surface area contributed by atoms with Crippen molar-refractivity contribution >= 4 is 46.6 Å². The van der Waals surface area contributed by atoms with E-state index in [4.69, 9.17) is 16.3 Å². The second kappa shape index (κ2) is 7.72. The average molecular weight is 526 g/mol. The molecule has 7 atom stereocenters. The lowest BCUT2D eigenvalue weighted by atomic mass is 9.68. The molecule has 3 heterocycles. The van der Waals surface area contributed by atoms with Crippen molar-refractivity contribution in [1.82, 2.24) is 4.57 Å². The Kier molecular flexibility index (Phi) is 4.79. The van der Waals surface area contributed by atoms with Crippen LogP contribution in [-0.4, -0.2) is 26.9 Å². The molecular weight excluding hydrogens is 506 g/mol. The van der Waals surface area contributed by atoms with Crippen LogP contribution < -0.4 is 4.87 Å². The smallest absolute Gasteiger partial charge is 0.317 e. The minimum Gasteiger partial charge on any atom is -0.508 e. The highest BCUT2D eigenvalue weighted by Crippen LogP contribution is 2.68. The van der Waals surface area contributed by atoms with E-state index in [9.17, 15) is 19.5 Å². The minimum absolute atomic E-state index is 0.0128. The average Bonchev–Trinajstić information content (AvgIpc) is 3.56. The lowest BCUT2D eigenvalue weighted by Gasteiger charge is -2.43. The van der Waals surface area contributed by atoms with Crippen LogP contribution in [0.15, 0.2) is 58.4 Å².